The zero-order chi connectivity index (χ0) is 15.6. The summed E-state index contributed by atoms with van der Waals surface area (Å²) in [6, 6.07) is 5.42. The van der Waals surface area contributed by atoms with E-state index in [1.54, 1.807) is 0 Å². The summed E-state index contributed by atoms with van der Waals surface area (Å²) in [6.45, 7) is -1.32. The molecule has 0 amide bonds. The Labute approximate surface area is 115 Å². The van der Waals surface area contributed by atoms with E-state index in [0.29, 0.717) is 5.56 Å². The number of benzene rings is 1. The number of alkyl halides is 3. The van der Waals surface area contributed by atoms with Crippen LogP contribution in [0.15, 0.2) is 29.2 Å². The van der Waals surface area contributed by atoms with Gasteiger partial charge >= 0.3 is 6.18 Å². The first-order valence-corrected chi connectivity index (χ1v) is 7.61. The first kappa shape index (κ1) is 16.9. The molecule has 0 aliphatic heterocycles. The average Bonchev–Trinajstić information content (AvgIpc) is 2.25. The molecule has 0 spiro atoms. The molecule has 8 heteroatoms. The van der Waals surface area contributed by atoms with Gasteiger partial charge in [0.15, 0.2) is 9.84 Å². The van der Waals surface area contributed by atoms with E-state index >= 15 is 0 Å². The minimum absolute atomic E-state index is 0.0945. The SMILES string of the molecule is CN(CC(O)c1ccc(S(C)(=O)=O)cc1)CC(F)(F)F. The maximum Gasteiger partial charge on any atom is 0.401 e. The van der Waals surface area contributed by atoms with Crippen molar-refractivity contribution in [3.63, 3.8) is 0 Å². The number of nitrogens with zero attached hydrogens (tertiary/aromatic N) is 1. The number of hydrogen-bond donors (Lipinski definition) is 1. The number of aliphatic hydroxyl groups excluding tert-OH is 1. The Kier molecular flexibility index (Phi) is 5.17. The highest BCUT2D eigenvalue weighted by Crippen LogP contribution is 2.20. The highest BCUT2D eigenvalue weighted by Gasteiger charge is 2.29. The van der Waals surface area contributed by atoms with Gasteiger partial charge in [-0.3, -0.25) is 4.90 Å². The number of halogens is 3. The van der Waals surface area contributed by atoms with Crippen LogP contribution < -0.4 is 0 Å². The fourth-order valence-corrected chi connectivity index (χ4v) is 2.34. The van der Waals surface area contributed by atoms with Crippen LogP contribution in [0.2, 0.25) is 0 Å². The van der Waals surface area contributed by atoms with E-state index < -0.39 is 28.7 Å². The van der Waals surface area contributed by atoms with Crippen LogP contribution in [0.4, 0.5) is 13.2 Å². The Morgan fingerprint density at radius 2 is 1.75 bits per heavy atom. The van der Waals surface area contributed by atoms with Crippen molar-refractivity contribution in [1.29, 1.82) is 0 Å². The fraction of sp³-hybridized carbons (Fsp3) is 0.500. The normalized spacial score (nSPS) is 14.6. The van der Waals surface area contributed by atoms with E-state index in [1.807, 2.05) is 0 Å². The number of hydrogen-bond acceptors (Lipinski definition) is 4. The van der Waals surface area contributed by atoms with Crippen LogP contribution in [-0.4, -0.2) is 51.0 Å². The van der Waals surface area contributed by atoms with Gasteiger partial charge in [0.1, 0.15) is 0 Å². The summed E-state index contributed by atoms with van der Waals surface area (Å²) in [5.74, 6) is 0. The van der Waals surface area contributed by atoms with Crippen molar-refractivity contribution in [2.24, 2.45) is 0 Å². The Morgan fingerprint density at radius 1 is 1.25 bits per heavy atom. The summed E-state index contributed by atoms with van der Waals surface area (Å²) < 4.78 is 59.0. The Bertz CT molecular complexity index is 540. The van der Waals surface area contributed by atoms with Crippen LogP contribution >= 0.6 is 0 Å². The molecule has 1 aromatic carbocycles. The van der Waals surface area contributed by atoms with Gasteiger partial charge in [0.25, 0.3) is 0 Å². The predicted molar refractivity (Wildman–Crippen MR) is 68.1 cm³/mol. The minimum atomic E-state index is -4.32. The maximum atomic E-state index is 12.2. The van der Waals surface area contributed by atoms with Crippen molar-refractivity contribution in [3.8, 4) is 0 Å². The van der Waals surface area contributed by atoms with E-state index in [4.69, 9.17) is 0 Å². The molecule has 0 radical (unpaired) electrons. The Morgan fingerprint density at radius 3 is 2.15 bits per heavy atom. The van der Waals surface area contributed by atoms with E-state index in [-0.39, 0.29) is 11.4 Å². The van der Waals surface area contributed by atoms with Gasteiger partial charge < -0.3 is 5.11 Å². The van der Waals surface area contributed by atoms with Gasteiger partial charge in [-0.1, -0.05) is 12.1 Å². The highest BCUT2D eigenvalue weighted by atomic mass is 32.2. The van der Waals surface area contributed by atoms with Gasteiger partial charge in [0.05, 0.1) is 17.5 Å². The minimum Gasteiger partial charge on any atom is -0.387 e. The second-order valence-corrected chi connectivity index (χ2v) is 6.68. The van der Waals surface area contributed by atoms with Gasteiger partial charge in [0, 0.05) is 12.8 Å². The van der Waals surface area contributed by atoms with Crippen LogP contribution in [0.25, 0.3) is 0 Å². The predicted octanol–water partition coefficient (Wildman–Crippen LogP) is 1.62. The summed E-state index contributed by atoms with van der Waals surface area (Å²) in [4.78, 5) is 1.05. The topological polar surface area (TPSA) is 57.6 Å². The van der Waals surface area contributed by atoms with Gasteiger partial charge in [-0.15, -0.1) is 0 Å². The summed E-state index contributed by atoms with van der Waals surface area (Å²) in [7, 11) is -2.08. The molecule has 4 nitrogen and oxygen atoms in total. The summed E-state index contributed by atoms with van der Waals surface area (Å²) in [5, 5.41) is 9.82. The third kappa shape index (κ3) is 5.48. The lowest BCUT2D eigenvalue weighted by Crippen LogP contribution is -2.34. The van der Waals surface area contributed by atoms with E-state index in [9.17, 15) is 26.7 Å². The highest BCUT2D eigenvalue weighted by molar-refractivity contribution is 7.90. The molecule has 0 aliphatic rings. The molecule has 0 aromatic heterocycles. The standard InChI is InChI=1S/C12H16F3NO3S/c1-16(8-12(13,14)15)7-11(17)9-3-5-10(6-4-9)20(2,18)19/h3-6,11,17H,7-8H2,1-2H3. The van der Waals surface area contributed by atoms with Crippen LogP contribution in [0.3, 0.4) is 0 Å². The molecular formula is C12H16F3NO3S. The zero-order valence-electron chi connectivity index (χ0n) is 11.1. The van der Waals surface area contributed by atoms with Crippen LogP contribution in [0.5, 0.6) is 0 Å². The van der Waals surface area contributed by atoms with Crippen molar-refractivity contribution in [2.75, 3.05) is 26.4 Å². The molecule has 0 saturated carbocycles. The van der Waals surface area contributed by atoms with E-state index in [1.165, 1.54) is 31.3 Å². The summed E-state index contributed by atoms with van der Waals surface area (Å²) >= 11 is 0. The average molecular weight is 311 g/mol. The van der Waals surface area contributed by atoms with Crippen molar-refractivity contribution in [2.45, 2.75) is 17.2 Å². The van der Waals surface area contributed by atoms with E-state index in [2.05, 4.69) is 0 Å². The van der Waals surface area contributed by atoms with Gasteiger partial charge in [-0.25, -0.2) is 8.42 Å². The molecule has 1 N–H and O–H groups in total. The van der Waals surface area contributed by atoms with Crippen LogP contribution in [-0.2, 0) is 9.84 Å². The molecule has 1 rings (SSSR count). The molecule has 0 fully saturated rings. The molecule has 0 bridgehead atoms. The second kappa shape index (κ2) is 6.11. The number of sulfone groups is 1. The Balaban J connectivity index is 2.71. The second-order valence-electron chi connectivity index (χ2n) is 4.67. The summed E-state index contributed by atoms with van der Waals surface area (Å²) in [5.41, 5.74) is 0.367. The lowest BCUT2D eigenvalue weighted by atomic mass is 10.1. The number of likely N-dealkylation sites (N-methyl/N-ethyl adjacent to an activating group) is 1. The fourth-order valence-electron chi connectivity index (χ4n) is 1.71. The zero-order valence-corrected chi connectivity index (χ0v) is 11.9. The van der Waals surface area contributed by atoms with Crippen LogP contribution in [0.1, 0.15) is 11.7 Å². The van der Waals surface area contributed by atoms with E-state index in [0.717, 1.165) is 11.2 Å². The first-order valence-electron chi connectivity index (χ1n) is 5.72. The number of aliphatic hydroxyl groups is 1. The lowest BCUT2D eigenvalue weighted by Gasteiger charge is -2.22. The number of rotatable bonds is 5. The molecule has 1 atom stereocenters. The molecule has 0 aliphatic carbocycles. The van der Waals surface area contributed by atoms with Crippen molar-refractivity contribution in [3.05, 3.63) is 29.8 Å². The van der Waals surface area contributed by atoms with Gasteiger partial charge in [-0.2, -0.15) is 13.2 Å². The monoisotopic (exact) mass is 311 g/mol. The van der Waals surface area contributed by atoms with Crippen molar-refractivity contribution in [1.82, 2.24) is 4.90 Å². The largest absolute Gasteiger partial charge is 0.401 e. The third-order valence-corrected chi connectivity index (χ3v) is 3.76. The lowest BCUT2D eigenvalue weighted by molar-refractivity contribution is -0.145. The van der Waals surface area contributed by atoms with Crippen LogP contribution in [0, 0.1) is 0 Å². The van der Waals surface area contributed by atoms with Crippen molar-refractivity contribution < 1.29 is 26.7 Å². The molecule has 20 heavy (non-hydrogen) atoms. The molecule has 0 heterocycles. The quantitative estimate of drug-likeness (QED) is 0.898. The van der Waals surface area contributed by atoms with Gasteiger partial charge in [0.2, 0.25) is 0 Å². The molecule has 1 aromatic rings. The smallest absolute Gasteiger partial charge is 0.387 e. The molecule has 114 valence electrons. The van der Waals surface area contributed by atoms with Gasteiger partial charge in [-0.05, 0) is 24.7 Å². The maximum absolute atomic E-state index is 12.2. The molecule has 0 saturated heterocycles. The Hall–Kier alpha value is -1.12. The molecule has 1 unspecified atom stereocenters. The first-order chi connectivity index (χ1) is 8.99. The molecular weight excluding hydrogens is 295 g/mol. The van der Waals surface area contributed by atoms with Crippen molar-refractivity contribution >= 4 is 9.84 Å². The third-order valence-electron chi connectivity index (χ3n) is 2.63. The summed E-state index contributed by atoms with van der Waals surface area (Å²) in [6.07, 6.45) is -4.39.